The molecule has 0 atom stereocenters. The number of nitrogens with zero attached hydrogens (tertiary/aromatic N) is 3. The predicted octanol–water partition coefficient (Wildman–Crippen LogP) is 21.1. The molecule has 0 bridgehead atoms. The number of benzene rings is 13. The lowest BCUT2D eigenvalue weighted by Crippen LogP contribution is -2.33. The molecule has 118 heavy (non-hydrogen) atoms. The Hall–Kier alpha value is -10.1. The Morgan fingerprint density at radius 3 is 0.864 bits per heavy atom. The summed E-state index contributed by atoms with van der Waals surface area (Å²) in [6.07, 6.45) is 0. The Balaban J connectivity index is 0.000000196. The molecule has 31 heteroatoms. The third-order valence-corrected chi connectivity index (χ3v) is 26.0. The minimum atomic E-state index is -6.22. The summed E-state index contributed by atoms with van der Waals surface area (Å²) in [7, 11) is -20.2. The maximum absolute atomic E-state index is 12.2. The first kappa shape index (κ1) is 95.0. The van der Waals surface area contributed by atoms with Crippen molar-refractivity contribution in [1.29, 1.82) is 0 Å². The molecule has 0 saturated carbocycles. The lowest BCUT2D eigenvalue weighted by molar-refractivity contribution is -0.884. The quantitative estimate of drug-likeness (QED) is 0.0292. The van der Waals surface area contributed by atoms with Crippen molar-refractivity contribution in [3.63, 3.8) is 0 Å². The molecule has 18 nitrogen and oxygen atoms in total. The van der Waals surface area contributed by atoms with E-state index in [9.17, 15) is 78.1 Å². The van der Waals surface area contributed by atoms with E-state index in [1.165, 1.54) is 70.3 Å². The second-order valence-electron chi connectivity index (χ2n) is 28.4. The smallest absolute Gasteiger partial charge is 0.480 e. The normalized spacial score (nSPS) is 12.1. The highest BCUT2D eigenvalue weighted by molar-refractivity contribution is 8.11. The number of rotatable bonds is 17. The molecule has 0 unspecified atom stereocenters. The highest BCUT2D eigenvalue weighted by Gasteiger charge is 2.42. The van der Waals surface area contributed by atoms with Crippen LogP contribution in [-0.2, 0) is 94.4 Å². The number of fused-ring (bicyclic) bond motifs is 3. The van der Waals surface area contributed by atoms with Gasteiger partial charge in [0, 0.05) is 21.7 Å². The van der Waals surface area contributed by atoms with Crippen molar-refractivity contribution < 1.29 is 95.1 Å². The summed E-state index contributed by atoms with van der Waals surface area (Å²) in [6, 6.07) is 106. The average Bonchev–Trinajstić information content (AvgIpc) is 0.792. The van der Waals surface area contributed by atoms with E-state index in [1.54, 1.807) is 54.6 Å². The zero-order chi connectivity index (χ0) is 87.0. The van der Waals surface area contributed by atoms with Gasteiger partial charge in [-0.3, -0.25) is 4.18 Å². The number of phenols is 1. The third kappa shape index (κ3) is 30.0. The van der Waals surface area contributed by atoms with Gasteiger partial charge in [0.05, 0.1) is 50.0 Å². The van der Waals surface area contributed by atoms with Crippen LogP contribution in [0, 0.1) is 0 Å². The fraction of sp³-hybridized carbons (Fsp3) is 0.172. The highest BCUT2D eigenvalue weighted by Crippen LogP contribution is 2.38. The van der Waals surface area contributed by atoms with E-state index in [0.29, 0.717) is 16.5 Å². The summed E-state index contributed by atoms with van der Waals surface area (Å²) in [5.74, 6) is -0.318. The van der Waals surface area contributed by atoms with Crippen LogP contribution in [0.15, 0.2) is 357 Å². The van der Waals surface area contributed by atoms with Crippen molar-refractivity contribution in [2.24, 2.45) is 0 Å². The Kier molecular flexibility index (Phi) is 33.4. The van der Waals surface area contributed by atoms with E-state index in [4.69, 9.17) is 0 Å². The van der Waals surface area contributed by atoms with Crippen LogP contribution in [0.1, 0.15) is 58.2 Å². The SMILES string of the molecule is CC(C)(C)c1ccc([S+](c2ccccc2)c2ccccc2)cc1.CC(C)(C)c1ccc([S+](c2ccccc2)c2ccccc2)cc1.COS(=O)(=O)[O-].C[N+](C)(C)Cc1ccccc1.O=S(=O)([N-]S(=O)(=O)C(F)(F)F)Oc1cccc2ccccc12.O=S(=O)([N-]S(=O)(=O)C(F)(F)F)Oc1cccc2ccccc12.Oc1cccc2ccccc12. The number of hydrogen-bond donors (Lipinski definition) is 1. The van der Waals surface area contributed by atoms with Crippen LogP contribution in [0.2, 0.25) is 0 Å². The molecule has 0 fully saturated rings. The number of sulfonamides is 2. The monoisotopic (exact) mass is 1750 g/mol. The van der Waals surface area contributed by atoms with Crippen LogP contribution >= 0.6 is 0 Å². The van der Waals surface area contributed by atoms with Gasteiger partial charge < -0.3 is 30.8 Å². The Morgan fingerprint density at radius 2 is 0.593 bits per heavy atom. The number of alkyl halides is 6. The molecule has 13 aromatic rings. The summed E-state index contributed by atoms with van der Waals surface area (Å²) >= 11 is 0. The van der Waals surface area contributed by atoms with Crippen molar-refractivity contribution in [2.75, 3.05) is 28.3 Å². The number of phenolic OH excluding ortho intramolecular Hbond substituents is 1. The van der Waals surface area contributed by atoms with Crippen molar-refractivity contribution >= 4 is 105 Å². The van der Waals surface area contributed by atoms with Gasteiger partial charge in [0.15, 0.2) is 49.4 Å². The van der Waals surface area contributed by atoms with Gasteiger partial charge in [-0.2, -0.15) is 26.3 Å². The van der Waals surface area contributed by atoms with Crippen LogP contribution in [0.5, 0.6) is 17.2 Å². The van der Waals surface area contributed by atoms with E-state index in [2.05, 4.69) is 275 Å². The van der Waals surface area contributed by atoms with Crippen LogP contribution in [0.3, 0.4) is 0 Å². The highest BCUT2D eigenvalue weighted by atomic mass is 32.3. The molecule has 0 aliphatic heterocycles. The minimum absolute atomic E-state index is 0.0497. The van der Waals surface area contributed by atoms with Crippen molar-refractivity contribution in [3.05, 3.63) is 353 Å². The fourth-order valence-electron chi connectivity index (χ4n) is 10.7. The van der Waals surface area contributed by atoms with Crippen molar-refractivity contribution in [2.45, 2.75) is 99.3 Å². The number of halogens is 6. The van der Waals surface area contributed by atoms with Gasteiger partial charge in [-0.1, -0.05) is 278 Å². The standard InChI is InChI=1S/2C22H23S.2C11H7F3NO5S2.C10H16N.C10H8O.CH4O4S/c2*1-22(2,3)18-14-16-21(17-15-18)23(19-10-6-4-7-11-19)20-12-8-5-9-13-20;2*12-11(13,14)21(16,17)15-22(18,19)20-10-7-3-5-8-4-1-2-6-9(8)10;1-11(2,3)9-10-7-5-4-6-8-10;11-10-7-3-5-8-4-1-2-6-9(8)10;1-5-6(2,3)4/h2*4-17H,1-3H3;2*1-7H;4-8H,9H2,1-3H3;1-7,11H;1H3,(H,2,3,4)/q2*+1;2*-1;+1;;/p-1. The van der Waals surface area contributed by atoms with Gasteiger partial charge in [0.25, 0.3) is 0 Å². The number of hydrogen-bond acceptors (Lipinski definition) is 15. The Bertz CT molecular complexity index is 5600. The molecular weight excluding hydrogens is 1670 g/mol. The molecule has 0 amide bonds. The molecule has 0 aliphatic rings. The summed E-state index contributed by atoms with van der Waals surface area (Å²) in [5, 5.41) is 13.0. The molecule has 0 radical (unpaired) electrons. The maximum Gasteiger partial charge on any atom is 0.480 e. The molecule has 1 N–H and O–H groups in total. The zero-order valence-corrected chi connectivity index (χ0v) is 71.2. The molecule has 0 saturated heterocycles. The molecule has 13 rings (SSSR count). The molecule has 13 aromatic carbocycles. The van der Waals surface area contributed by atoms with Crippen LogP contribution in [0.25, 0.3) is 40.6 Å². The lowest BCUT2D eigenvalue weighted by atomic mass is 9.87. The van der Waals surface area contributed by atoms with Crippen molar-refractivity contribution in [3.8, 4) is 17.2 Å². The minimum Gasteiger partial charge on any atom is -0.726 e. The molecular formula is C87H87F6N3O15S7. The summed E-state index contributed by atoms with van der Waals surface area (Å²) in [5.41, 5.74) is -7.12. The van der Waals surface area contributed by atoms with E-state index >= 15 is 0 Å². The fourth-order valence-corrected chi connectivity index (χ4v) is 18.4. The summed E-state index contributed by atoms with van der Waals surface area (Å²) in [6.45, 7) is 14.7. The number of aromatic hydroxyl groups is 1. The van der Waals surface area contributed by atoms with Crippen LogP contribution < -0.4 is 8.37 Å². The molecule has 0 spiro atoms. The lowest BCUT2D eigenvalue weighted by Gasteiger charge is -2.23. The predicted molar refractivity (Wildman–Crippen MR) is 455 cm³/mol. The summed E-state index contributed by atoms with van der Waals surface area (Å²) in [4.78, 5) is 8.19. The topological polar surface area (TPSA) is 270 Å². The molecule has 624 valence electrons. The number of quaternary nitrogens is 1. The Morgan fingerprint density at radius 1 is 0.347 bits per heavy atom. The van der Waals surface area contributed by atoms with Gasteiger partial charge in [-0.05, 0) is 129 Å². The van der Waals surface area contributed by atoms with E-state index in [-0.39, 0.29) is 54.9 Å². The van der Waals surface area contributed by atoms with E-state index in [1.807, 2.05) is 44.7 Å². The molecule has 0 heterocycles. The first-order valence-corrected chi connectivity index (χ1v) is 44.9. The third-order valence-electron chi connectivity index (χ3n) is 16.2. The first-order valence-electron chi connectivity index (χ1n) is 35.5. The van der Waals surface area contributed by atoms with Gasteiger partial charge in [0.1, 0.15) is 23.8 Å². The van der Waals surface area contributed by atoms with E-state index < -0.39 is 62.1 Å². The average molecular weight is 1750 g/mol. The Labute approximate surface area is 692 Å². The van der Waals surface area contributed by atoms with Gasteiger partial charge in [-0.25, -0.2) is 42.1 Å². The molecule has 0 aliphatic carbocycles. The van der Waals surface area contributed by atoms with Gasteiger partial charge >= 0.3 is 11.0 Å². The summed E-state index contributed by atoms with van der Waals surface area (Å²) < 4.78 is 206. The van der Waals surface area contributed by atoms with Gasteiger partial charge in [-0.15, -0.1) is 0 Å². The second-order valence-corrected chi connectivity index (χ2v) is 39.7. The first-order chi connectivity index (χ1) is 55.2. The largest absolute Gasteiger partial charge is 0.726 e. The van der Waals surface area contributed by atoms with E-state index in [0.717, 1.165) is 41.0 Å². The van der Waals surface area contributed by atoms with Gasteiger partial charge in [0.2, 0.25) is 31.0 Å². The zero-order valence-electron chi connectivity index (χ0n) is 65.5. The van der Waals surface area contributed by atoms with Crippen LogP contribution in [-0.4, -0.2) is 95.5 Å². The maximum atomic E-state index is 12.2. The van der Waals surface area contributed by atoms with Crippen molar-refractivity contribution in [1.82, 2.24) is 0 Å². The molecule has 0 aromatic heterocycles. The van der Waals surface area contributed by atoms with Crippen LogP contribution in [0.4, 0.5) is 26.3 Å². The second kappa shape index (κ2) is 41.5.